The third kappa shape index (κ3) is 5.85. The lowest BCUT2D eigenvalue weighted by atomic mass is 10.1. The molecule has 42 heavy (non-hydrogen) atoms. The fraction of sp³-hybridized carbons (Fsp3) is 0.345. The summed E-state index contributed by atoms with van der Waals surface area (Å²) in [7, 11) is -1.73. The normalized spacial score (nSPS) is 17.3. The minimum atomic E-state index is -3.81. The smallest absolute Gasteiger partial charge is 0.241 e. The van der Waals surface area contributed by atoms with Crippen molar-refractivity contribution in [2.24, 2.45) is 0 Å². The summed E-state index contributed by atoms with van der Waals surface area (Å²) in [4.78, 5) is 28.8. The summed E-state index contributed by atoms with van der Waals surface area (Å²) < 4.78 is 53.7. The van der Waals surface area contributed by atoms with Gasteiger partial charge in [0.05, 0.1) is 29.1 Å². The molecule has 4 aromatic rings. The minimum Gasteiger partial charge on any atom is -0.359 e. The monoisotopic (exact) mass is 597 g/mol. The summed E-state index contributed by atoms with van der Waals surface area (Å²) in [5, 5.41) is 6.32. The SMILES string of the molecule is CCC(C(=O)Nc1cccc2c(-c3nc(Nc4cccc(S(C)(=O)=O)c4F)ncc3F)c[nH]c12)N1CCN(C)C[C@H]1C. The van der Waals surface area contributed by atoms with E-state index in [4.69, 9.17) is 0 Å². The Labute approximate surface area is 243 Å². The van der Waals surface area contributed by atoms with Crippen molar-refractivity contribution in [2.75, 3.05) is 43.6 Å². The van der Waals surface area contributed by atoms with E-state index in [9.17, 15) is 17.6 Å². The quantitative estimate of drug-likeness (QED) is 0.273. The molecule has 2 atom stereocenters. The molecule has 10 nitrogen and oxygen atoms in total. The number of sulfone groups is 1. The third-order valence-corrected chi connectivity index (χ3v) is 8.67. The Balaban J connectivity index is 1.43. The summed E-state index contributed by atoms with van der Waals surface area (Å²) in [6, 6.07) is 9.13. The highest BCUT2D eigenvalue weighted by Gasteiger charge is 2.32. The van der Waals surface area contributed by atoms with Crippen LogP contribution in [-0.2, 0) is 14.6 Å². The summed E-state index contributed by atoms with van der Waals surface area (Å²) >= 11 is 0. The molecule has 0 bridgehead atoms. The van der Waals surface area contributed by atoms with Crippen molar-refractivity contribution < 1.29 is 22.0 Å². The lowest BCUT2D eigenvalue weighted by molar-refractivity contribution is -0.123. The lowest BCUT2D eigenvalue weighted by Crippen LogP contribution is -2.57. The van der Waals surface area contributed by atoms with Gasteiger partial charge in [0.25, 0.3) is 0 Å². The van der Waals surface area contributed by atoms with Crippen LogP contribution >= 0.6 is 0 Å². The van der Waals surface area contributed by atoms with Gasteiger partial charge in [-0.2, -0.15) is 0 Å². The zero-order valence-electron chi connectivity index (χ0n) is 23.8. The predicted octanol–water partition coefficient (Wildman–Crippen LogP) is 4.40. The number of piperazine rings is 1. The Hall–Kier alpha value is -3.94. The molecule has 2 aromatic heterocycles. The average molecular weight is 598 g/mol. The van der Waals surface area contributed by atoms with Gasteiger partial charge in [0.1, 0.15) is 10.6 Å². The van der Waals surface area contributed by atoms with Crippen LogP contribution in [0.3, 0.4) is 0 Å². The molecule has 0 spiro atoms. The molecule has 13 heteroatoms. The van der Waals surface area contributed by atoms with Crippen LogP contribution in [0.2, 0.25) is 0 Å². The fourth-order valence-corrected chi connectivity index (χ4v) is 6.25. The summed E-state index contributed by atoms with van der Waals surface area (Å²) in [5.41, 5.74) is 1.34. The van der Waals surface area contributed by atoms with Crippen molar-refractivity contribution in [1.29, 1.82) is 0 Å². The average Bonchev–Trinajstić information content (AvgIpc) is 3.37. The molecule has 1 saturated heterocycles. The maximum absolute atomic E-state index is 15.0. The molecule has 1 amide bonds. The van der Waals surface area contributed by atoms with Gasteiger partial charge < -0.3 is 20.5 Å². The number of fused-ring (bicyclic) bond motifs is 1. The van der Waals surface area contributed by atoms with Crippen LogP contribution in [0.5, 0.6) is 0 Å². The molecule has 5 rings (SSSR count). The second kappa shape index (κ2) is 11.7. The first-order valence-corrected chi connectivity index (χ1v) is 15.5. The Morgan fingerprint density at radius 2 is 1.90 bits per heavy atom. The van der Waals surface area contributed by atoms with Crippen LogP contribution in [0.4, 0.5) is 26.1 Å². The standard InChI is InChI=1S/C29H33F2N7O3S/c1-5-23(38-13-12-37(3)16-17(38)2)28(39)34-22-10-6-8-18-19(14-32-27(18)22)26-20(30)15-33-29(36-26)35-21-9-7-11-24(25(21)31)42(4,40)41/h6-11,14-15,17,23,32H,5,12-13,16H2,1-4H3,(H,34,39)(H,33,35,36)/t17-,23?/m1/s1. The van der Waals surface area contributed by atoms with Gasteiger partial charge >= 0.3 is 0 Å². The van der Waals surface area contributed by atoms with E-state index < -0.39 is 26.4 Å². The largest absolute Gasteiger partial charge is 0.359 e. The molecule has 0 radical (unpaired) electrons. The van der Waals surface area contributed by atoms with Crippen LogP contribution < -0.4 is 10.6 Å². The third-order valence-electron chi connectivity index (χ3n) is 7.55. The highest BCUT2D eigenvalue weighted by atomic mass is 32.2. The van der Waals surface area contributed by atoms with Crippen molar-refractivity contribution in [3.8, 4) is 11.3 Å². The van der Waals surface area contributed by atoms with Gasteiger partial charge in [-0.15, -0.1) is 0 Å². The van der Waals surface area contributed by atoms with Crippen molar-refractivity contribution in [1.82, 2.24) is 24.8 Å². The number of para-hydroxylation sites is 1. The summed E-state index contributed by atoms with van der Waals surface area (Å²) in [6.07, 6.45) is 4.10. The molecule has 1 aliphatic heterocycles. The maximum atomic E-state index is 15.0. The molecule has 2 aromatic carbocycles. The van der Waals surface area contributed by atoms with E-state index in [-0.39, 0.29) is 35.3 Å². The number of hydrogen-bond donors (Lipinski definition) is 3. The van der Waals surface area contributed by atoms with Crippen LogP contribution in [0.1, 0.15) is 20.3 Å². The van der Waals surface area contributed by atoms with Gasteiger partial charge in [0.15, 0.2) is 21.5 Å². The van der Waals surface area contributed by atoms with E-state index in [1.165, 1.54) is 12.1 Å². The number of rotatable bonds is 8. The van der Waals surface area contributed by atoms with Gasteiger partial charge in [-0.25, -0.2) is 27.2 Å². The number of nitrogens with zero attached hydrogens (tertiary/aromatic N) is 4. The molecule has 0 aliphatic carbocycles. The van der Waals surface area contributed by atoms with E-state index in [1.807, 2.05) is 6.92 Å². The first-order chi connectivity index (χ1) is 20.0. The summed E-state index contributed by atoms with van der Waals surface area (Å²) in [5.74, 6) is -1.94. The van der Waals surface area contributed by atoms with E-state index in [2.05, 4.69) is 49.4 Å². The predicted molar refractivity (Wildman–Crippen MR) is 158 cm³/mol. The second-order valence-corrected chi connectivity index (χ2v) is 12.6. The molecule has 1 fully saturated rings. The topological polar surface area (TPSA) is 123 Å². The Morgan fingerprint density at radius 3 is 2.62 bits per heavy atom. The van der Waals surface area contributed by atoms with Gasteiger partial charge in [-0.3, -0.25) is 9.69 Å². The number of carbonyl (C=O) groups is 1. The zero-order chi connectivity index (χ0) is 30.2. The number of amides is 1. The van der Waals surface area contributed by atoms with Gasteiger partial charge in [0, 0.05) is 49.1 Å². The maximum Gasteiger partial charge on any atom is 0.241 e. The van der Waals surface area contributed by atoms with E-state index in [1.54, 1.807) is 24.4 Å². The number of halogens is 2. The molecule has 1 aliphatic rings. The first-order valence-electron chi connectivity index (χ1n) is 13.6. The highest BCUT2D eigenvalue weighted by Crippen LogP contribution is 2.34. The highest BCUT2D eigenvalue weighted by molar-refractivity contribution is 7.90. The molecule has 0 saturated carbocycles. The molecule has 3 heterocycles. The lowest BCUT2D eigenvalue weighted by Gasteiger charge is -2.42. The Kier molecular flexibility index (Phi) is 8.26. The van der Waals surface area contributed by atoms with Crippen LogP contribution in [0, 0.1) is 11.6 Å². The summed E-state index contributed by atoms with van der Waals surface area (Å²) in [6.45, 7) is 6.69. The van der Waals surface area contributed by atoms with Crippen molar-refractivity contribution in [3.05, 3.63) is 60.4 Å². The molecular formula is C29H33F2N7O3S. The number of H-pyrrole nitrogens is 1. The van der Waals surface area contributed by atoms with E-state index in [0.717, 1.165) is 38.2 Å². The van der Waals surface area contributed by atoms with Gasteiger partial charge in [-0.05, 0) is 38.6 Å². The second-order valence-electron chi connectivity index (χ2n) is 10.6. The van der Waals surface area contributed by atoms with Crippen molar-refractivity contribution in [3.63, 3.8) is 0 Å². The Morgan fingerprint density at radius 1 is 1.17 bits per heavy atom. The molecule has 1 unspecified atom stereocenters. The molecule has 3 N–H and O–H groups in total. The zero-order valence-corrected chi connectivity index (χ0v) is 24.6. The number of aromatic nitrogens is 3. The van der Waals surface area contributed by atoms with Gasteiger partial charge in [-0.1, -0.05) is 25.1 Å². The van der Waals surface area contributed by atoms with Crippen LogP contribution in [0.25, 0.3) is 22.2 Å². The number of hydrogen-bond acceptors (Lipinski definition) is 8. The molecule has 222 valence electrons. The van der Waals surface area contributed by atoms with E-state index >= 15 is 4.39 Å². The number of anilines is 3. The van der Waals surface area contributed by atoms with Crippen LogP contribution in [0.15, 0.2) is 53.7 Å². The van der Waals surface area contributed by atoms with E-state index in [0.29, 0.717) is 28.6 Å². The van der Waals surface area contributed by atoms with Crippen molar-refractivity contribution >= 4 is 44.0 Å². The number of likely N-dealkylation sites (N-methyl/N-ethyl adjacent to an activating group) is 1. The Bertz CT molecular complexity index is 1740. The first kappa shape index (κ1) is 29.5. The number of carbonyl (C=O) groups excluding carboxylic acids is 1. The number of benzene rings is 2. The molecular weight excluding hydrogens is 564 g/mol. The van der Waals surface area contributed by atoms with Gasteiger partial charge in [0.2, 0.25) is 11.9 Å². The van der Waals surface area contributed by atoms with Crippen LogP contribution in [-0.4, -0.2) is 84.1 Å². The number of nitrogens with one attached hydrogen (secondary N) is 3. The fourth-order valence-electron chi connectivity index (χ4n) is 5.49. The minimum absolute atomic E-state index is 0.0559. The number of aromatic amines is 1. The van der Waals surface area contributed by atoms with Crippen molar-refractivity contribution in [2.45, 2.75) is 37.2 Å².